The fourth-order valence-electron chi connectivity index (χ4n) is 3.75. The van der Waals surface area contributed by atoms with Gasteiger partial charge in [-0.05, 0) is 37.0 Å². The molecule has 1 fully saturated rings. The molecule has 2 aromatic carbocycles. The quantitative estimate of drug-likeness (QED) is 0.855. The van der Waals surface area contributed by atoms with Gasteiger partial charge in [0.2, 0.25) is 5.91 Å². The molecule has 1 atom stereocenters. The molecule has 1 saturated carbocycles. The Bertz CT molecular complexity index is 876. The van der Waals surface area contributed by atoms with Crippen molar-refractivity contribution in [3.8, 4) is 0 Å². The molecule has 138 valence electrons. The number of carbonyl (C=O) groups is 2. The van der Waals surface area contributed by atoms with Crippen molar-refractivity contribution in [1.29, 1.82) is 0 Å². The van der Waals surface area contributed by atoms with E-state index in [0.29, 0.717) is 5.71 Å². The van der Waals surface area contributed by atoms with Crippen LogP contribution >= 0.6 is 0 Å². The molecule has 2 aliphatic rings. The van der Waals surface area contributed by atoms with Crippen molar-refractivity contribution in [3.63, 3.8) is 0 Å². The Labute approximate surface area is 158 Å². The number of nitrogens with zero attached hydrogens (tertiary/aromatic N) is 2. The number of carbonyl (C=O) groups excluding carboxylic acids is 2. The van der Waals surface area contributed by atoms with Gasteiger partial charge >= 0.3 is 0 Å². The van der Waals surface area contributed by atoms with Crippen LogP contribution in [0.1, 0.15) is 31.2 Å². The fourth-order valence-corrected chi connectivity index (χ4v) is 3.75. The Kier molecular flexibility index (Phi) is 4.39. The average Bonchev–Trinajstić information content (AvgIpc) is 3.12. The van der Waals surface area contributed by atoms with Crippen LogP contribution in [-0.2, 0) is 15.1 Å². The first-order valence-electron chi connectivity index (χ1n) is 9.18. The molecule has 3 N–H and O–H groups in total. The first kappa shape index (κ1) is 17.3. The summed E-state index contributed by atoms with van der Waals surface area (Å²) in [5.41, 5.74) is 7.40. The number of amides is 2. The summed E-state index contributed by atoms with van der Waals surface area (Å²) < 4.78 is 0. The summed E-state index contributed by atoms with van der Waals surface area (Å²) in [6.45, 7) is 0. The number of nitrogens with two attached hydrogens (primary N) is 1. The van der Waals surface area contributed by atoms with E-state index in [2.05, 4.69) is 10.4 Å². The molecule has 4 rings (SSSR count). The summed E-state index contributed by atoms with van der Waals surface area (Å²) in [4.78, 5) is 24.9. The van der Waals surface area contributed by atoms with Gasteiger partial charge in [-0.15, -0.1) is 0 Å². The highest BCUT2D eigenvalue weighted by atomic mass is 16.2. The van der Waals surface area contributed by atoms with E-state index in [1.54, 1.807) is 5.01 Å². The zero-order chi connectivity index (χ0) is 18.9. The normalized spacial score (nSPS) is 20.5. The number of hydrogen-bond acceptors (Lipinski definition) is 4. The number of para-hydroxylation sites is 1. The number of rotatable bonds is 5. The highest BCUT2D eigenvalue weighted by Crippen LogP contribution is 2.41. The maximum atomic E-state index is 13.0. The second kappa shape index (κ2) is 6.87. The van der Waals surface area contributed by atoms with E-state index < -0.39 is 11.9 Å². The van der Waals surface area contributed by atoms with Crippen molar-refractivity contribution in [2.24, 2.45) is 10.8 Å². The van der Waals surface area contributed by atoms with Crippen molar-refractivity contribution in [1.82, 2.24) is 5.32 Å². The molecule has 0 unspecified atom stereocenters. The molecule has 1 aliphatic heterocycles. The van der Waals surface area contributed by atoms with E-state index in [4.69, 9.17) is 5.73 Å². The molecule has 0 spiro atoms. The fraction of sp³-hybridized carbons (Fsp3) is 0.286. The molecular formula is C21H22N4O2. The van der Waals surface area contributed by atoms with Crippen molar-refractivity contribution in [3.05, 3.63) is 66.2 Å². The summed E-state index contributed by atoms with van der Waals surface area (Å²) in [6, 6.07) is 18.7. The van der Waals surface area contributed by atoms with Gasteiger partial charge < -0.3 is 11.1 Å². The Morgan fingerprint density at radius 2 is 1.67 bits per heavy atom. The van der Waals surface area contributed by atoms with Crippen LogP contribution in [0.25, 0.3) is 0 Å². The van der Waals surface area contributed by atoms with Gasteiger partial charge in [0, 0.05) is 6.42 Å². The molecule has 0 bridgehead atoms. The molecular weight excluding hydrogens is 340 g/mol. The van der Waals surface area contributed by atoms with Crippen molar-refractivity contribution >= 4 is 23.2 Å². The van der Waals surface area contributed by atoms with Crippen molar-refractivity contribution in [2.75, 3.05) is 5.01 Å². The average molecular weight is 362 g/mol. The van der Waals surface area contributed by atoms with E-state index in [1.807, 2.05) is 60.7 Å². The zero-order valence-corrected chi connectivity index (χ0v) is 15.0. The smallest absolute Gasteiger partial charge is 0.268 e. The highest BCUT2D eigenvalue weighted by molar-refractivity contribution is 6.40. The van der Waals surface area contributed by atoms with Crippen molar-refractivity contribution < 1.29 is 9.59 Å². The summed E-state index contributed by atoms with van der Waals surface area (Å²) in [5, 5.41) is 9.15. The predicted octanol–water partition coefficient (Wildman–Crippen LogP) is 2.30. The highest BCUT2D eigenvalue weighted by Gasteiger charge is 2.42. The molecule has 2 amide bonds. The molecule has 2 aromatic rings. The molecule has 0 aromatic heterocycles. The van der Waals surface area contributed by atoms with Gasteiger partial charge in [-0.2, -0.15) is 5.10 Å². The topological polar surface area (TPSA) is 87.8 Å². The number of hydrogen-bond donors (Lipinski definition) is 2. The van der Waals surface area contributed by atoms with Crippen LogP contribution in [0.4, 0.5) is 5.69 Å². The second-order valence-corrected chi connectivity index (χ2v) is 7.10. The summed E-state index contributed by atoms with van der Waals surface area (Å²) in [5.74, 6) is -0.727. The molecule has 1 heterocycles. The molecule has 0 radical (unpaired) electrons. The number of nitrogens with one attached hydrogen (secondary N) is 1. The van der Waals surface area contributed by atoms with Crippen LogP contribution in [0.5, 0.6) is 0 Å². The lowest BCUT2D eigenvalue weighted by atomic mass is 9.71. The van der Waals surface area contributed by atoms with Gasteiger partial charge in [0.25, 0.3) is 5.91 Å². The van der Waals surface area contributed by atoms with Crippen molar-refractivity contribution in [2.45, 2.75) is 37.3 Å². The van der Waals surface area contributed by atoms with E-state index in [0.717, 1.165) is 30.5 Å². The maximum Gasteiger partial charge on any atom is 0.268 e. The maximum absolute atomic E-state index is 13.0. The molecule has 1 aliphatic carbocycles. The third-order valence-electron chi connectivity index (χ3n) is 5.41. The number of primary amides is 1. The number of benzene rings is 2. The Balaban J connectivity index is 1.57. The van der Waals surface area contributed by atoms with Crippen LogP contribution in [-0.4, -0.2) is 23.6 Å². The van der Waals surface area contributed by atoms with E-state index in [1.165, 1.54) is 0 Å². The van der Waals surface area contributed by atoms with Gasteiger partial charge in [-0.1, -0.05) is 48.5 Å². The molecule has 6 heteroatoms. The van der Waals surface area contributed by atoms with Gasteiger partial charge in [-0.3, -0.25) is 14.6 Å². The molecule has 6 nitrogen and oxygen atoms in total. The monoisotopic (exact) mass is 362 g/mol. The van der Waals surface area contributed by atoms with Crippen LogP contribution in [0.2, 0.25) is 0 Å². The van der Waals surface area contributed by atoms with Gasteiger partial charge in [-0.25, -0.2) is 0 Å². The largest absolute Gasteiger partial charge is 0.368 e. The van der Waals surface area contributed by atoms with Gasteiger partial charge in [0.15, 0.2) is 0 Å². The third-order valence-corrected chi connectivity index (χ3v) is 5.41. The zero-order valence-electron chi connectivity index (χ0n) is 15.0. The minimum Gasteiger partial charge on any atom is -0.368 e. The summed E-state index contributed by atoms with van der Waals surface area (Å²) in [6.07, 6.45) is 3.08. The Hall–Kier alpha value is -3.15. The number of anilines is 1. The molecule has 27 heavy (non-hydrogen) atoms. The number of hydrazone groups is 1. The van der Waals surface area contributed by atoms with E-state index in [-0.39, 0.29) is 17.9 Å². The van der Waals surface area contributed by atoms with E-state index >= 15 is 0 Å². The Morgan fingerprint density at radius 3 is 2.22 bits per heavy atom. The SMILES string of the molecule is NC(=O)[C@@H]1CC(C(=O)NC2(c3ccccc3)CCC2)=NN1c1ccccc1. The lowest BCUT2D eigenvalue weighted by molar-refractivity contribution is -0.119. The van der Waals surface area contributed by atoms with Gasteiger partial charge in [0.05, 0.1) is 11.2 Å². The van der Waals surface area contributed by atoms with Crippen LogP contribution < -0.4 is 16.1 Å². The summed E-state index contributed by atoms with van der Waals surface area (Å²) >= 11 is 0. The van der Waals surface area contributed by atoms with Crippen LogP contribution in [0.3, 0.4) is 0 Å². The third kappa shape index (κ3) is 3.18. The predicted molar refractivity (Wildman–Crippen MR) is 104 cm³/mol. The lowest BCUT2D eigenvalue weighted by Crippen LogP contribution is -2.52. The minimum absolute atomic E-state index is 0.209. The first-order valence-corrected chi connectivity index (χ1v) is 9.18. The second-order valence-electron chi connectivity index (χ2n) is 7.10. The lowest BCUT2D eigenvalue weighted by Gasteiger charge is -2.43. The summed E-state index contributed by atoms with van der Waals surface area (Å²) in [7, 11) is 0. The van der Waals surface area contributed by atoms with Crippen LogP contribution in [0, 0.1) is 0 Å². The van der Waals surface area contributed by atoms with Crippen LogP contribution in [0.15, 0.2) is 65.8 Å². The van der Waals surface area contributed by atoms with E-state index in [9.17, 15) is 9.59 Å². The van der Waals surface area contributed by atoms with Gasteiger partial charge in [0.1, 0.15) is 11.8 Å². The molecule has 0 saturated heterocycles. The minimum atomic E-state index is -0.651. The standard InChI is InChI=1S/C21H22N4O2/c22-19(26)18-14-17(24-25(18)16-10-5-2-6-11-16)20(27)23-21(12-7-13-21)15-8-3-1-4-9-15/h1-6,8-11,18H,7,12-14H2,(H2,22,26)(H,23,27)/t18-/m0/s1. The first-order chi connectivity index (χ1) is 13.1. The Morgan fingerprint density at radius 1 is 1.04 bits per heavy atom.